The van der Waals surface area contributed by atoms with E-state index in [1.165, 1.54) is 5.56 Å². The maximum absolute atomic E-state index is 9.73. The Morgan fingerprint density at radius 1 is 1.29 bits per heavy atom. The average Bonchev–Trinajstić information content (AvgIpc) is 2.92. The Bertz CT molecular complexity index is 369. The largest absolute Gasteiger partial charge is 0.488 e. The van der Waals surface area contributed by atoms with Gasteiger partial charge in [0.05, 0.1) is 6.10 Å². The molecule has 1 aliphatic carbocycles. The molecule has 0 aromatic heterocycles. The highest BCUT2D eigenvalue weighted by atomic mass is 16.5. The van der Waals surface area contributed by atoms with Gasteiger partial charge in [0.1, 0.15) is 11.9 Å². The Balaban J connectivity index is 1.52. The van der Waals surface area contributed by atoms with E-state index in [9.17, 15) is 5.11 Å². The van der Waals surface area contributed by atoms with Crippen molar-refractivity contribution in [2.24, 2.45) is 0 Å². The van der Waals surface area contributed by atoms with E-state index in [1.54, 1.807) is 0 Å². The Morgan fingerprint density at radius 2 is 2.18 bits per heavy atom. The number of aliphatic hydroxyl groups is 1. The van der Waals surface area contributed by atoms with Gasteiger partial charge < -0.3 is 15.2 Å². The van der Waals surface area contributed by atoms with Crippen LogP contribution in [0, 0.1) is 0 Å². The summed E-state index contributed by atoms with van der Waals surface area (Å²) >= 11 is 0. The fourth-order valence-corrected chi connectivity index (χ4v) is 2.83. The minimum atomic E-state index is -0.168. The molecule has 1 aliphatic heterocycles. The van der Waals surface area contributed by atoms with Gasteiger partial charge in [0, 0.05) is 19.0 Å². The lowest BCUT2D eigenvalue weighted by atomic mass is 10.1. The van der Waals surface area contributed by atoms with Crippen LogP contribution in [0.1, 0.15) is 24.8 Å². The van der Waals surface area contributed by atoms with Crippen LogP contribution in [0.15, 0.2) is 24.3 Å². The molecule has 1 aromatic rings. The fourth-order valence-electron chi connectivity index (χ4n) is 2.83. The Kier molecular flexibility index (Phi) is 3.04. The number of ether oxygens (including phenoxy) is 1. The van der Waals surface area contributed by atoms with Gasteiger partial charge in [0.15, 0.2) is 0 Å². The van der Waals surface area contributed by atoms with Gasteiger partial charge in [-0.1, -0.05) is 18.2 Å². The number of rotatable bonds is 3. The van der Waals surface area contributed by atoms with E-state index in [0.29, 0.717) is 0 Å². The molecule has 0 bridgehead atoms. The molecule has 1 fully saturated rings. The maximum Gasteiger partial charge on any atom is 0.123 e. The van der Waals surface area contributed by atoms with Crippen molar-refractivity contribution >= 4 is 0 Å². The number of hydrogen-bond donors (Lipinski definition) is 2. The molecule has 0 amide bonds. The summed E-state index contributed by atoms with van der Waals surface area (Å²) in [6, 6.07) is 8.48. The molecule has 0 radical (unpaired) electrons. The molecule has 1 aromatic carbocycles. The van der Waals surface area contributed by atoms with Crippen molar-refractivity contribution in [3.8, 4) is 5.75 Å². The molecule has 0 spiro atoms. The van der Waals surface area contributed by atoms with Crippen molar-refractivity contribution in [3.05, 3.63) is 29.8 Å². The summed E-state index contributed by atoms with van der Waals surface area (Å²) in [5.41, 5.74) is 1.30. The molecular weight excluding hydrogens is 214 g/mol. The zero-order chi connectivity index (χ0) is 11.7. The second kappa shape index (κ2) is 4.67. The third-order valence-corrected chi connectivity index (χ3v) is 3.80. The summed E-state index contributed by atoms with van der Waals surface area (Å²) in [6.07, 6.45) is 4.18. The Morgan fingerprint density at radius 3 is 2.94 bits per heavy atom. The van der Waals surface area contributed by atoms with Crippen LogP contribution in [-0.4, -0.2) is 29.9 Å². The van der Waals surface area contributed by atoms with Crippen LogP contribution in [0.2, 0.25) is 0 Å². The third-order valence-electron chi connectivity index (χ3n) is 3.80. The van der Waals surface area contributed by atoms with Crippen molar-refractivity contribution in [2.45, 2.75) is 43.9 Å². The second-order valence-corrected chi connectivity index (χ2v) is 5.06. The number of nitrogens with one attached hydrogen (secondary N) is 1. The maximum atomic E-state index is 9.73. The number of hydrogen-bond acceptors (Lipinski definition) is 3. The standard InChI is InChI=1S/C14H19NO2/c16-13-6-3-5-12(13)15-9-11-8-10-4-1-2-7-14(10)17-11/h1-2,4,7,11-13,15-16H,3,5-6,8-9H2. The first-order chi connectivity index (χ1) is 8.33. The Labute approximate surface area is 102 Å². The lowest BCUT2D eigenvalue weighted by molar-refractivity contribution is 0.138. The van der Waals surface area contributed by atoms with Gasteiger partial charge in [-0.05, 0) is 30.9 Å². The van der Waals surface area contributed by atoms with Crippen LogP contribution in [-0.2, 0) is 6.42 Å². The van der Waals surface area contributed by atoms with Crippen LogP contribution in [0.4, 0.5) is 0 Å². The molecule has 92 valence electrons. The molecule has 3 nitrogen and oxygen atoms in total. The van der Waals surface area contributed by atoms with E-state index in [4.69, 9.17) is 4.74 Å². The van der Waals surface area contributed by atoms with Crippen LogP contribution in [0.25, 0.3) is 0 Å². The molecule has 2 N–H and O–H groups in total. The summed E-state index contributed by atoms with van der Waals surface area (Å²) in [5.74, 6) is 1.02. The fraction of sp³-hybridized carbons (Fsp3) is 0.571. The minimum absolute atomic E-state index is 0.168. The monoisotopic (exact) mass is 233 g/mol. The van der Waals surface area contributed by atoms with Crippen LogP contribution >= 0.6 is 0 Å². The first-order valence-electron chi connectivity index (χ1n) is 6.49. The molecule has 2 aliphatic rings. The molecule has 3 rings (SSSR count). The average molecular weight is 233 g/mol. The summed E-state index contributed by atoms with van der Waals surface area (Å²) in [7, 11) is 0. The smallest absolute Gasteiger partial charge is 0.123 e. The van der Waals surface area contributed by atoms with E-state index >= 15 is 0 Å². The van der Waals surface area contributed by atoms with Crippen molar-refractivity contribution in [2.75, 3.05) is 6.54 Å². The summed E-state index contributed by atoms with van der Waals surface area (Å²) in [4.78, 5) is 0. The lowest BCUT2D eigenvalue weighted by Gasteiger charge is -2.19. The topological polar surface area (TPSA) is 41.5 Å². The minimum Gasteiger partial charge on any atom is -0.488 e. The van der Waals surface area contributed by atoms with Gasteiger partial charge in [-0.3, -0.25) is 0 Å². The predicted molar refractivity (Wildman–Crippen MR) is 66.2 cm³/mol. The van der Waals surface area contributed by atoms with Crippen LogP contribution in [0.5, 0.6) is 5.75 Å². The zero-order valence-electron chi connectivity index (χ0n) is 9.93. The van der Waals surface area contributed by atoms with E-state index in [-0.39, 0.29) is 18.2 Å². The number of benzene rings is 1. The van der Waals surface area contributed by atoms with Crippen molar-refractivity contribution in [3.63, 3.8) is 0 Å². The molecule has 3 unspecified atom stereocenters. The molecule has 17 heavy (non-hydrogen) atoms. The van der Waals surface area contributed by atoms with Gasteiger partial charge in [-0.25, -0.2) is 0 Å². The highest BCUT2D eigenvalue weighted by Gasteiger charge is 2.27. The van der Waals surface area contributed by atoms with E-state index in [2.05, 4.69) is 17.4 Å². The molecule has 1 heterocycles. The summed E-state index contributed by atoms with van der Waals surface area (Å²) < 4.78 is 5.86. The van der Waals surface area contributed by atoms with Crippen molar-refractivity contribution in [1.82, 2.24) is 5.32 Å². The first-order valence-corrected chi connectivity index (χ1v) is 6.49. The quantitative estimate of drug-likeness (QED) is 0.831. The highest BCUT2D eigenvalue weighted by Crippen LogP contribution is 2.28. The number of para-hydroxylation sites is 1. The Hall–Kier alpha value is -1.06. The molecule has 3 atom stereocenters. The number of aliphatic hydroxyl groups excluding tert-OH is 1. The van der Waals surface area contributed by atoms with Gasteiger partial charge >= 0.3 is 0 Å². The van der Waals surface area contributed by atoms with Gasteiger partial charge in [-0.2, -0.15) is 0 Å². The summed E-state index contributed by atoms with van der Waals surface area (Å²) in [5, 5.41) is 13.2. The lowest BCUT2D eigenvalue weighted by Crippen LogP contribution is -2.41. The predicted octanol–water partition coefficient (Wildman–Crippen LogP) is 1.49. The highest BCUT2D eigenvalue weighted by molar-refractivity contribution is 5.37. The third kappa shape index (κ3) is 2.31. The molecular formula is C14H19NO2. The molecule has 0 saturated heterocycles. The van der Waals surface area contributed by atoms with Gasteiger partial charge in [-0.15, -0.1) is 0 Å². The van der Waals surface area contributed by atoms with E-state index in [1.807, 2.05) is 12.1 Å². The first kappa shape index (κ1) is 11.1. The normalized spacial score (nSPS) is 31.2. The van der Waals surface area contributed by atoms with E-state index in [0.717, 1.165) is 38.0 Å². The van der Waals surface area contributed by atoms with Gasteiger partial charge in [0.2, 0.25) is 0 Å². The number of fused-ring (bicyclic) bond motifs is 1. The zero-order valence-corrected chi connectivity index (χ0v) is 9.93. The second-order valence-electron chi connectivity index (χ2n) is 5.06. The SMILES string of the molecule is OC1CCCC1NCC1Cc2ccccc2O1. The van der Waals surface area contributed by atoms with Crippen molar-refractivity contribution < 1.29 is 9.84 Å². The van der Waals surface area contributed by atoms with Gasteiger partial charge in [0.25, 0.3) is 0 Å². The van der Waals surface area contributed by atoms with E-state index < -0.39 is 0 Å². The van der Waals surface area contributed by atoms with Crippen LogP contribution in [0.3, 0.4) is 0 Å². The van der Waals surface area contributed by atoms with Crippen molar-refractivity contribution in [1.29, 1.82) is 0 Å². The van der Waals surface area contributed by atoms with Crippen LogP contribution < -0.4 is 10.1 Å². The molecule has 1 saturated carbocycles. The summed E-state index contributed by atoms with van der Waals surface area (Å²) in [6.45, 7) is 0.830. The molecule has 3 heteroatoms.